The number of nitrogens with one attached hydrogen (secondary N) is 1. The minimum Gasteiger partial charge on any atom is -0.494 e. The van der Waals surface area contributed by atoms with E-state index < -0.39 is 0 Å². The molecular weight excluding hydrogens is 366 g/mol. The van der Waals surface area contributed by atoms with Crippen molar-refractivity contribution in [3.05, 3.63) is 54.1 Å². The van der Waals surface area contributed by atoms with Crippen molar-refractivity contribution in [1.29, 1.82) is 0 Å². The van der Waals surface area contributed by atoms with Crippen molar-refractivity contribution in [2.75, 3.05) is 31.7 Å². The van der Waals surface area contributed by atoms with E-state index in [9.17, 15) is 4.79 Å². The molecule has 0 aliphatic heterocycles. The monoisotopic (exact) mass is 399 g/mol. The Morgan fingerprint density at radius 1 is 0.828 bits per heavy atom. The third-order valence-electron chi connectivity index (χ3n) is 4.43. The molecule has 1 amide bonds. The van der Waals surface area contributed by atoms with E-state index in [1.807, 2.05) is 43.3 Å². The number of amides is 1. The molecular formula is C24H33NO4. The Kier molecular flexibility index (Phi) is 10.7. The van der Waals surface area contributed by atoms with E-state index in [0.29, 0.717) is 31.1 Å². The minimum absolute atomic E-state index is 0.176. The van der Waals surface area contributed by atoms with Crippen LogP contribution in [0.1, 0.15) is 56.3 Å². The zero-order valence-corrected chi connectivity index (χ0v) is 17.6. The lowest BCUT2D eigenvalue weighted by molar-refractivity contribution is 0.102. The molecule has 0 radical (unpaired) electrons. The molecule has 158 valence electrons. The second-order valence-corrected chi connectivity index (χ2v) is 6.81. The standard InChI is InChI=1S/C24H33NO4/c1-3-5-6-7-8-16-28-22-14-12-21(13-15-22)25-24(26)20-10-9-11-23(19-20)29-18-17-27-4-2/h9-15,19H,3-8,16-18H2,1-2H3,(H,25,26). The van der Waals surface area contributed by atoms with E-state index in [4.69, 9.17) is 14.2 Å². The Hall–Kier alpha value is -2.53. The predicted molar refractivity (Wildman–Crippen MR) is 117 cm³/mol. The fourth-order valence-corrected chi connectivity index (χ4v) is 2.82. The van der Waals surface area contributed by atoms with Gasteiger partial charge in [0.1, 0.15) is 18.1 Å². The summed E-state index contributed by atoms with van der Waals surface area (Å²) < 4.78 is 16.6. The van der Waals surface area contributed by atoms with Crippen molar-refractivity contribution in [1.82, 2.24) is 0 Å². The van der Waals surface area contributed by atoms with Gasteiger partial charge in [-0.2, -0.15) is 0 Å². The maximum absolute atomic E-state index is 12.5. The van der Waals surface area contributed by atoms with Crippen LogP contribution in [0.5, 0.6) is 11.5 Å². The first-order valence-electron chi connectivity index (χ1n) is 10.6. The molecule has 2 aromatic carbocycles. The highest BCUT2D eigenvalue weighted by Crippen LogP contribution is 2.19. The molecule has 0 saturated heterocycles. The lowest BCUT2D eigenvalue weighted by atomic mass is 10.2. The van der Waals surface area contributed by atoms with Gasteiger partial charge >= 0.3 is 0 Å². The summed E-state index contributed by atoms with van der Waals surface area (Å²) in [4.78, 5) is 12.5. The van der Waals surface area contributed by atoms with E-state index >= 15 is 0 Å². The average Bonchev–Trinajstić information content (AvgIpc) is 2.75. The van der Waals surface area contributed by atoms with Crippen molar-refractivity contribution in [3.63, 3.8) is 0 Å². The smallest absolute Gasteiger partial charge is 0.255 e. The minimum atomic E-state index is -0.176. The van der Waals surface area contributed by atoms with Crippen LogP contribution in [0.3, 0.4) is 0 Å². The van der Waals surface area contributed by atoms with Crippen molar-refractivity contribution in [2.45, 2.75) is 46.0 Å². The summed E-state index contributed by atoms with van der Waals surface area (Å²) in [6, 6.07) is 14.6. The molecule has 0 aliphatic carbocycles. The van der Waals surface area contributed by atoms with Crippen LogP contribution in [-0.4, -0.2) is 32.3 Å². The molecule has 0 unspecified atom stereocenters. The maximum Gasteiger partial charge on any atom is 0.255 e. The third-order valence-corrected chi connectivity index (χ3v) is 4.43. The summed E-state index contributed by atoms with van der Waals surface area (Å²) >= 11 is 0. The molecule has 0 aromatic heterocycles. The predicted octanol–water partition coefficient (Wildman–Crippen LogP) is 5.70. The SMILES string of the molecule is CCCCCCCOc1ccc(NC(=O)c2cccc(OCCOCC)c2)cc1. The fraction of sp³-hybridized carbons (Fsp3) is 0.458. The van der Waals surface area contributed by atoms with Gasteiger partial charge in [0.25, 0.3) is 5.91 Å². The highest BCUT2D eigenvalue weighted by Gasteiger charge is 2.08. The Morgan fingerprint density at radius 3 is 2.34 bits per heavy atom. The van der Waals surface area contributed by atoms with Crippen LogP contribution in [0.2, 0.25) is 0 Å². The lowest BCUT2D eigenvalue weighted by Gasteiger charge is -2.10. The highest BCUT2D eigenvalue weighted by molar-refractivity contribution is 6.04. The molecule has 0 heterocycles. The van der Waals surface area contributed by atoms with Gasteiger partial charge in [-0.25, -0.2) is 0 Å². The first kappa shape index (κ1) is 22.8. The molecule has 0 saturated carbocycles. The Labute approximate surface area is 174 Å². The van der Waals surface area contributed by atoms with Crippen LogP contribution in [0.4, 0.5) is 5.69 Å². The van der Waals surface area contributed by atoms with Crippen molar-refractivity contribution in [2.24, 2.45) is 0 Å². The average molecular weight is 400 g/mol. The van der Waals surface area contributed by atoms with E-state index in [1.165, 1.54) is 25.7 Å². The van der Waals surface area contributed by atoms with Crippen LogP contribution in [-0.2, 0) is 4.74 Å². The number of unbranched alkanes of at least 4 members (excludes halogenated alkanes) is 4. The van der Waals surface area contributed by atoms with Crippen LogP contribution < -0.4 is 14.8 Å². The topological polar surface area (TPSA) is 56.8 Å². The molecule has 2 rings (SSSR count). The molecule has 29 heavy (non-hydrogen) atoms. The number of benzene rings is 2. The highest BCUT2D eigenvalue weighted by atomic mass is 16.5. The largest absolute Gasteiger partial charge is 0.494 e. The van der Waals surface area contributed by atoms with Gasteiger partial charge in [0.05, 0.1) is 13.2 Å². The van der Waals surface area contributed by atoms with Gasteiger partial charge in [0, 0.05) is 17.9 Å². The summed E-state index contributed by atoms with van der Waals surface area (Å²) in [6.45, 7) is 6.53. The van der Waals surface area contributed by atoms with Crippen LogP contribution in [0.25, 0.3) is 0 Å². The summed E-state index contributed by atoms with van der Waals surface area (Å²) in [5, 5.41) is 2.90. The maximum atomic E-state index is 12.5. The Bertz CT molecular complexity index is 715. The number of carbonyl (C=O) groups excluding carboxylic acids is 1. The normalized spacial score (nSPS) is 10.6. The first-order chi connectivity index (χ1) is 14.2. The number of carbonyl (C=O) groups is 1. The molecule has 0 fully saturated rings. The van der Waals surface area contributed by atoms with E-state index in [2.05, 4.69) is 12.2 Å². The van der Waals surface area contributed by atoms with Crippen LogP contribution >= 0.6 is 0 Å². The number of ether oxygens (including phenoxy) is 3. The van der Waals surface area contributed by atoms with E-state index in [0.717, 1.165) is 24.5 Å². The molecule has 0 atom stereocenters. The zero-order valence-electron chi connectivity index (χ0n) is 17.6. The van der Waals surface area contributed by atoms with Crippen LogP contribution in [0, 0.1) is 0 Å². The number of hydrogen-bond donors (Lipinski definition) is 1. The molecule has 0 aliphatic rings. The molecule has 2 aromatic rings. The van der Waals surface area contributed by atoms with Gasteiger partial charge < -0.3 is 19.5 Å². The van der Waals surface area contributed by atoms with Gasteiger partial charge in [-0.1, -0.05) is 38.7 Å². The van der Waals surface area contributed by atoms with Crippen molar-refractivity contribution < 1.29 is 19.0 Å². The van der Waals surface area contributed by atoms with Gasteiger partial charge in [-0.15, -0.1) is 0 Å². The second-order valence-electron chi connectivity index (χ2n) is 6.81. The van der Waals surface area contributed by atoms with Crippen molar-refractivity contribution >= 4 is 11.6 Å². The molecule has 0 bridgehead atoms. The first-order valence-corrected chi connectivity index (χ1v) is 10.6. The quantitative estimate of drug-likeness (QED) is 0.414. The molecule has 1 N–H and O–H groups in total. The van der Waals surface area contributed by atoms with Crippen LogP contribution in [0.15, 0.2) is 48.5 Å². The summed E-state index contributed by atoms with van der Waals surface area (Å²) in [5.74, 6) is 1.30. The Balaban J connectivity index is 1.78. The Morgan fingerprint density at radius 2 is 1.59 bits per heavy atom. The van der Waals surface area contributed by atoms with Gasteiger partial charge in [-0.3, -0.25) is 4.79 Å². The third kappa shape index (κ3) is 9.01. The summed E-state index contributed by atoms with van der Waals surface area (Å²) in [6.07, 6.45) is 6.08. The lowest BCUT2D eigenvalue weighted by Crippen LogP contribution is -2.12. The number of anilines is 1. The van der Waals surface area contributed by atoms with E-state index in [-0.39, 0.29) is 5.91 Å². The molecule has 5 nitrogen and oxygen atoms in total. The summed E-state index contributed by atoms with van der Waals surface area (Å²) in [7, 11) is 0. The van der Waals surface area contributed by atoms with E-state index in [1.54, 1.807) is 12.1 Å². The second kappa shape index (κ2) is 13.6. The fourth-order valence-electron chi connectivity index (χ4n) is 2.82. The van der Waals surface area contributed by atoms with Gasteiger partial charge in [0.15, 0.2) is 0 Å². The van der Waals surface area contributed by atoms with Gasteiger partial charge in [0.2, 0.25) is 0 Å². The number of hydrogen-bond acceptors (Lipinski definition) is 4. The molecule has 5 heteroatoms. The summed E-state index contributed by atoms with van der Waals surface area (Å²) in [5.41, 5.74) is 1.28. The van der Waals surface area contributed by atoms with Crippen molar-refractivity contribution in [3.8, 4) is 11.5 Å². The number of rotatable bonds is 14. The molecule has 0 spiro atoms. The van der Waals surface area contributed by atoms with Gasteiger partial charge in [-0.05, 0) is 55.8 Å². The zero-order chi connectivity index (χ0) is 20.7.